The van der Waals surface area contributed by atoms with Crippen molar-refractivity contribution in [1.82, 2.24) is 20.2 Å². The zero-order chi connectivity index (χ0) is 20.3. The minimum absolute atomic E-state index is 0.0336. The van der Waals surface area contributed by atoms with Gasteiger partial charge >= 0.3 is 0 Å². The molecule has 2 atom stereocenters. The lowest BCUT2D eigenvalue weighted by Gasteiger charge is -2.16. The first kappa shape index (κ1) is 19.9. The third-order valence-corrected chi connectivity index (χ3v) is 4.86. The summed E-state index contributed by atoms with van der Waals surface area (Å²) in [7, 11) is 1.66. The SMILES string of the molecule is CO[C@H](C)[C@H](C)n1nnc(-c2ccccc2Nc2ccc(C(C)(C)F)cc2)n1. The van der Waals surface area contributed by atoms with Crippen LogP contribution < -0.4 is 5.32 Å². The predicted molar refractivity (Wildman–Crippen MR) is 108 cm³/mol. The molecule has 0 fully saturated rings. The van der Waals surface area contributed by atoms with Crippen LogP contribution in [0, 0.1) is 0 Å². The Kier molecular flexibility index (Phi) is 5.74. The number of nitrogens with zero attached hydrogens (tertiary/aromatic N) is 4. The molecule has 148 valence electrons. The van der Waals surface area contributed by atoms with Crippen LogP contribution in [-0.2, 0) is 10.4 Å². The number of tetrazole rings is 1. The van der Waals surface area contributed by atoms with E-state index in [1.165, 1.54) is 0 Å². The van der Waals surface area contributed by atoms with Crippen LogP contribution in [0.3, 0.4) is 0 Å². The lowest BCUT2D eigenvalue weighted by Crippen LogP contribution is -2.22. The summed E-state index contributed by atoms with van der Waals surface area (Å²) in [6.07, 6.45) is -0.0336. The summed E-state index contributed by atoms with van der Waals surface area (Å²) < 4.78 is 19.4. The van der Waals surface area contributed by atoms with Crippen LogP contribution in [0.5, 0.6) is 0 Å². The smallest absolute Gasteiger partial charge is 0.207 e. The van der Waals surface area contributed by atoms with Crippen molar-refractivity contribution in [2.75, 3.05) is 12.4 Å². The van der Waals surface area contributed by atoms with Crippen molar-refractivity contribution in [1.29, 1.82) is 0 Å². The fourth-order valence-corrected chi connectivity index (χ4v) is 2.78. The van der Waals surface area contributed by atoms with Gasteiger partial charge in [0, 0.05) is 24.0 Å². The number of anilines is 2. The summed E-state index contributed by atoms with van der Waals surface area (Å²) in [5.41, 5.74) is 1.81. The number of aromatic nitrogens is 4. The van der Waals surface area contributed by atoms with E-state index >= 15 is 0 Å². The van der Waals surface area contributed by atoms with Gasteiger partial charge in [0.1, 0.15) is 5.67 Å². The summed E-state index contributed by atoms with van der Waals surface area (Å²) in [6.45, 7) is 7.04. The predicted octanol–water partition coefficient (Wildman–Crippen LogP) is 4.88. The summed E-state index contributed by atoms with van der Waals surface area (Å²) in [6, 6.07) is 15.0. The maximum atomic E-state index is 14.1. The van der Waals surface area contributed by atoms with E-state index in [0.717, 1.165) is 16.9 Å². The number of alkyl halides is 1. The molecule has 3 aromatic rings. The van der Waals surface area contributed by atoms with Crippen molar-refractivity contribution in [3.8, 4) is 11.4 Å². The number of hydrogen-bond donors (Lipinski definition) is 1. The third-order valence-electron chi connectivity index (χ3n) is 4.86. The van der Waals surface area contributed by atoms with Gasteiger partial charge < -0.3 is 10.1 Å². The number of nitrogens with one attached hydrogen (secondary N) is 1. The lowest BCUT2D eigenvalue weighted by molar-refractivity contribution is 0.0673. The number of rotatable bonds is 7. The first-order valence-corrected chi connectivity index (χ1v) is 9.28. The maximum Gasteiger partial charge on any atom is 0.207 e. The molecule has 1 heterocycles. The molecule has 6 nitrogen and oxygen atoms in total. The van der Waals surface area contributed by atoms with Crippen molar-refractivity contribution in [3.05, 3.63) is 54.1 Å². The van der Waals surface area contributed by atoms with Crippen LogP contribution in [0.25, 0.3) is 11.4 Å². The topological polar surface area (TPSA) is 64.9 Å². The standard InChI is InChI=1S/C21H26FN5O/c1-14(15(2)28-5)27-25-20(24-26-27)18-8-6-7-9-19(18)23-17-12-10-16(11-13-17)21(3,4)22/h6-15,23H,1-5H3/t14-,15+/m0/s1. The van der Waals surface area contributed by atoms with Crippen LogP contribution in [-0.4, -0.2) is 33.4 Å². The number of benzene rings is 2. The van der Waals surface area contributed by atoms with E-state index in [1.807, 2.05) is 50.2 Å². The second-order valence-electron chi connectivity index (χ2n) is 7.34. The molecule has 3 rings (SSSR count). The quantitative estimate of drug-likeness (QED) is 0.630. The Morgan fingerprint density at radius 2 is 1.75 bits per heavy atom. The van der Waals surface area contributed by atoms with E-state index < -0.39 is 5.67 Å². The molecule has 0 aliphatic carbocycles. The molecule has 0 saturated carbocycles. The number of methoxy groups -OCH3 is 1. The van der Waals surface area contributed by atoms with Gasteiger partial charge in [0.25, 0.3) is 0 Å². The molecule has 0 radical (unpaired) electrons. The molecule has 28 heavy (non-hydrogen) atoms. The Morgan fingerprint density at radius 1 is 1.07 bits per heavy atom. The van der Waals surface area contributed by atoms with Crippen molar-refractivity contribution in [2.45, 2.75) is 45.5 Å². The highest BCUT2D eigenvalue weighted by molar-refractivity contribution is 5.77. The highest BCUT2D eigenvalue weighted by Gasteiger charge is 2.19. The fraction of sp³-hybridized carbons (Fsp3) is 0.381. The summed E-state index contributed by atoms with van der Waals surface area (Å²) in [4.78, 5) is 1.57. The molecule has 0 aliphatic heterocycles. The van der Waals surface area contributed by atoms with Gasteiger partial charge in [-0.2, -0.15) is 4.80 Å². The molecule has 2 aromatic carbocycles. The third kappa shape index (κ3) is 4.36. The van der Waals surface area contributed by atoms with Crippen LogP contribution >= 0.6 is 0 Å². The molecule has 0 amide bonds. The maximum absolute atomic E-state index is 14.1. The highest BCUT2D eigenvalue weighted by Crippen LogP contribution is 2.30. The largest absolute Gasteiger partial charge is 0.379 e. The molecule has 0 bridgehead atoms. The van der Waals surface area contributed by atoms with Gasteiger partial charge in [0.2, 0.25) is 5.82 Å². The molecule has 0 spiro atoms. The Bertz CT molecular complexity index is 917. The van der Waals surface area contributed by atoms with Crippen molar-refractivity contribution in [3.63, 3.8) is 0 Å². The van der Waals surface area contributed by atoms with E-state index in [1.54, 1.807) is 37.9 Å². The minimum Gasteiger partial charge on any atom is -0.379 e. The molecule has 0 aliphatic rings. The van der Waals surface area contributed by atoms with E-state index in [0.29, 0.717) is 11.4 Å². The molecular formula is C21H26FN5O. The Labute approximate surface area is 164 Å². The van der Waals surface area contributed by atoms with Crippen LogP contribution in [0.2, 0.25) is 0 Å². The van der Waals surface area contributed by atoms with E-state index in [-0.39, 0.29) is 12.1 Å². The van der Waals surface area contributed by atoms with Crippen LogP contribution in [0.1, 0.15) is 39.3 Å². The van der Waals surface area contributed by atoms with Gasteiger partial charge in [-0.25, -0.2) is 4.39 Å². The van der Waals surface area contributed by atoms with Crippen molar-refractivity contribution >= 4 is 11.4 Å². The van der Waals surface area contributed by atoms with Crippen LogP contribution in [0.15, 0.2) is 48.5 Å². The second-order valence-corrected chi connectivity index (χ2v) is 7.34. The number of halogens is 1. The lowest BCUT2D eigenvalue weighted by atomic mass is 10.00. The van der Waals surface area contributed by atoms with E-state index in [2.05, 4.69) is 20.7 Å². The van der Waals surface area contributed by atoms with Gasteiger partial charge in [0.05, 0.1) is 12.1 Å². The van der Waals surface area contributed by atoms with Crippen molar-refractivity contribution < 1.29 is 9.13 Å². The van der Waals surface area contributed by atoms with E-state index in [4.69, 9.17) is 4.74 Å². The van der Waals surface area contributed by atoms with Gasteiger partial charge in [-0.3, -0.25) is 0 Å². The molecule has 7 heteroatoms. The average Bonchev–Trinajstić information content (AvgIpc) is 3.17. The summed E-state index contributed by atoms with van der Waals surface area (Å²) in [5, 5.41) is 16.3. The zero-order valence-corrected chi connectivity index (χ0v) is 16.8. The Morgan fingerprint density at radius 3 is 2.39 bits per heavy atom. The van der Waals surface area contributed by atoms with Gasteiger partial charge in [-0.05, 0) is 62.7 Å². The fourth-order valence-electron chi connectivity index (χ4n) is 2.78. The van der Waals surface area contributed by atoms with Gasteiger partial charge in [0.15, 0.2) is 0 Å². The Balaban J connectivity index is 1.85. The molecule has 1 N–H and O–H groups in total. The molecule has 0 unspecified atom stereocenters. The number of para-hydroxylation sites is 1. The number of hydrogen-bond acceptors (Lipinski definition) is 5. The number of ether oxygens (including phenoxy) is 1. The zero-order valence-electron chi connectivity index (χ0n) is 16.8. The van der Waals surface area contributed by atoms with Gasteiger partial charge in [-0.1, -0.05) is 24.3 Å². The molecular weight excluding hydrogens is 357 g/mol. The Hall–Kier alpha value is -2.80. The van der Waals surface area contributed by atoms with E-state index in [9.17, 15) is 4.39 Å². The minimum atomic E-state index is -1.37. The van der Waals surface area contributed by atoms with Gasteiger partial charge in [-0.15, -0.1) is 10.2 Å². The summed E-state index contributed by atoms with van der Waals surface area (Å²) in [5.74, 6) is 0.528. The van der Waals surface area contributed by atoms with Crippen LogP contribution in [0.4, 0.5) is 15.8 Å². The highest BCUT2D eigenvalue weighted by atomic mass is 19.1. The van der Waals surface area contributed by atoms with Crippen molar-refractivity contribution in [2.24, 2.45) is 0 Å². The summed E-state index contributed by atoms with van der Waals surface area (Å²) >= 11 is 0. The first-order valence-electron chi connectivity index (χ1n) is 9.28. The average molecular weight is 383 g/mol. The molecule has 0 saturated heterocycles. The second kappa shape index (κ2) is 8.06. The first-order chi connectivity index (χ1) is 13.3. The molecule has 1 aromatic heterocycles. The normalized spacial score (nSPS) is 13.9. The monoisotopic (exact) mass is 383 g/mol.